The molecule has 1 aromatic heterocycles. The van der Waals surface area contributed by atoms with Crippen LogP contribution in [-0.2, 0) is 6.42 Å². The van der Waals surface area contributed by atoms with Crippen LogP contribution in [0, 0.1) is 6.92 Å². The molecular formula is C14H15BrN2OS. The number of amides is 1. The van der Waals surface area contributed by atoms with E-state index in [1.54, 1.807) is 17.4 Å². The van der Waals surface area contributed by atoms with Crippen molar-refractivity contribution in [1.82, 2.24) is 5.32 Å². The SMILES string of the molecule is Cc1ccc(N)c(C(=O)NCCc2ccc(Br)s2)c1. The van der Waals surface area contributed by atoms with E-state index in [0.29, 0.717) is 17.8 Å². The predicted octanol–water partition coefficient (Wildman–Crippen LogP) is 3.37. The molecule has 1 amide bonds. The maximum atomic E-state index is 12.0. The summed E-state index contributed by atoms with van der Waals surface area (Å²) in [5, 5.41) is 2.90. The summed E-state index contributed by atoms with van der Waals surface area (Å²) in [4.78, 5) is 13.3. The van der Waals surface area contributed by atoms with Gasteiger partial charge in [-0.15, -0.1) is 11.3 Å². The monoisotopic (exact) mass is 338 g/mol. The second-order valence-electron chi connectivity index (χ2n) is 4.30. The number of thiophene rings is 1. The highest BCUT2D eigenvalue weighted by atomic mass is 79.9. The number of carbonyl (C=O) groups is 1. The number of rotatable bonds is 4. The zero-order valence-corrected chi connectivity index (χ0v) is 13.0. The van der Waals surface area contributed by atoms with Gasteiger partial charge >= 0.3 is 0 Å². The van der Waals surface area contributed by atoms with E-state index in [0.717, 1.165) is 15.8 Å². The summed E-state index contributed by atoms with van der Waals surface area (Å²) in [5.74, 6) is -0.114. The lowest BCUT2D eigenvalue weighted by Crippen LogP contribution is -2.26. The number of nitrogens with one attached hydrogen (secondary N) is 1. The normalized spacial score (nSPS) is 10.4. The molecule has 0 spiro atoms. The van der Waals surface area contributed by atoms with E-state index >= 15 is 0 Å². The molecule has 0 aliphatic rings. The lowest BCUT2D eigenvalue weighted by molar-refractivity contribution is 0.0955. The van der Waals surface area contributed by atoms with Crippen LogP contribution in [0.3, 0.4) is 0 Å². The number of halogens is 1. The Balaban J connectivity index is 1.92. The quantitative estimate of drug-likeness (QED) is 0.839. The molecule has 1 heterocycles. The van der Waals surface area contributed by atoms with E-state index in [4.69, 9.17) is 5.73 Å². The Morgan fingerprint density at radius 1 is 1.37 bits per heavy atom. The van der Waals surface area contributed by atoms with Crippen molar-refractivity contribution >= 4 is 38.9 Å². The topological polar surface area (TPSA) is 55.1 Å². The highest BCUT2D eigenvalue weighted by Crippen LogP contribution is 2.22. The van der Waals surface area contributed by atoms with Crippen molar-refractivity contribution in [3.63, 3.8) is 0 Å². The second kappa shape index (κ2) is 6.21. The zero-order valence-electron chi connectivity index (χ0n) is 10.6. The van der Waals surface area contributed by atoms with Gasteiger partial charge in [0.1, 0.15) is 0 Å². The Labute approximate surface area is 125 Å². The van der Waals surface area contributed by atoms with E-state index in [1.807, 2.05) is 25.1 Å². The fourth-order valence-corrected chi connectivity index (χ4v) is 3.23. The zero-order chi connectivity index (χ0) is 13.8. The van der Waals surface area contributed by atoms with Crippen molar-refractivity contribution in [2.24, 2.45) is 0 Å². The molecule has 0 atom stereocenters. The Hall–Kier alpha value is -1.33. The van der Waals surface area contributed by atoms with Crippen LogP contribution in [0.25, 0.3) is 0 Å². The predicted molar refractivity (Wildman–Crippen MR) is 83.6 cm³/mol. The van der Waals surface area contributed by atoms with Gasteiger partial charge in [0.05, 0.1) is 9.35 Å². The Morgan fingerprint density at radius 2 is 2.16 bits per heavy atom. The Kier molecular flexibility index (Phi) is 4.61. The Bertz CT molecular complexity index is 595. The van der Waals surface area contributed by atoms with Gasteiger partial charge in [0.15, 0.2) is 0 Å². The molecule has 19 heavy (non-hydrogen) atoms. The average Bonchev–Trinajstić information content (AvgIpc) is 2.78. The number of benzene rings is 1. The molecule has 3 N–H and O–H groups in total. The van der Waals surface area contributed by atoms with E-state index in [-0.39, 0.29) is 5.91 Å². The third-order valence-electron chi connectivity index (χ3n) is 2.74. The van der Waals surface area contributed by atoms with Crippen LogP contribution in [0.4, 0.5) is 5.69 Å². The number of aryl methyl sites for hydroxylation is 1. The van der Waals surface area contributed by atoms with Gasteiger partial charge < -0.3 is 11.1 Å². The maximum Gasteiger partial charge on any atom is 0.253 e. The number of hydrogen-bond donors (Lipinski definition) is 2. The van der Waals surface area contributed by atoms with Gasteiger partial charge in [0.25, 0.3) is 5.91 Å². The highest BCUT2D eigenvalue weighted by molar-refractivity contribution is 9.11. The molecule has 5 heteroatoms. The smallest absolute Gasteiger partial charge is 0.253 e. The lowest BCUT2D eigenvalue weighted by atomic mass is 10.1. The first-order chi connectivity index (χ1) is 9.06. The van der Waals surface area contributed by atoms with Gasteiger partial charge in [-0.25, -0.2) is 0 Å². The minimum atomic E-state index is -0.114. The van der Waals surface area contributed by atoms with E-state index < -0.39 is 0 Å². The van der Waals surface area contributed by atoms with Gasteiger partial charge in [0.2, 0.25) is 0 Å². The van der Waals surface area contributed by atoms with Crippen molar-refractivity contribution in [1.29, 1.82) is 0 Å². The number of hydrogen-bond acceptors (Lipinski definition) is 3. The van der Waals surface area contributed by atoms with Crippen LogP contribution in [0.15, 0.2) is 34.1 Å². The third kappa shape index (κ3) is 3.81. The fraction of sp³-hybridized carbons (Fsp3) is 0.214. The molecule has 0 radical (unpaired) electrons. The number of anilines is 1. The molecule has 2 rings (SSSR count). The summed E-state index contributed by atoms with van der Waals surface area (Å²) in [6, 6.07) is 9.55. The highest BCUT2D eigenvalue weighted by Gasteiger charge is 2.09. The summed E-state index contributed by atoms with van der Waals surface area (Å²) >= 11 is 5.10. The molecule has 0 fully saturated rings. The first kappa shape index (κ1) is 14.1. The van der Waals surface area contributed by atoms with Gasteiger partial charge in [-0.1, -0.05) is 11.6 Å². The largest absolute Gasteiger partial charge is 0.398 e. The summed E-state index contributed by atoms with van der Waals surface area (Å²) in [6.07, 6.45) is 0.827. The van der Waals surface area contributed by atoms with Crippen molar-refractivity contribution in [2.45, 2.75) is 13.3 Å². The molecular weight excluding hydrogens is 324 g/mol. The average molecular weight is 339 g/mol. The van der Waals surface area contributed by atoms with Crippen LogP contribution in [-0.4, -0.2) is 12.5 Å². The second-order valence-corrected chi connectivity index (χ2v) is 6.85. The molecule has 0 aliphatic carbocycles. The van der Waals surface area contributed by atoms with Crippen molar-refractivity contribution in [2.75, 3.05) is 12.3 Å². The molecule has 0 saturated heterocycles. The van der Waals surface area contributed by atoms with Crippen molar-refractivity contribution in [3.05, 3.63) is 50.1 Å². The Morgan fingerprint density at radius 3 is 2.84 bits per heavy atom. The van der Waals surface area contributed by atoms with Crippen molar-refractivity contribution in [3.8, 4) is 0 Å². The molecule has 0 aliphatic heterocycles. The summed E-state index contributed by atoms with van der Waals surface area (Å²) in [5.41, 5.74) is 7.90. The molecule has 0 bridgehead atoms. The first-order valence-corrected chi connectivity index (χ1v) is 7.56. The third-order valence-corrected chi connectivity index (χ3v) is 4.42. The van der Waals surface area contributed by atoms with E-state index in [1.165, 1.54) is 4.88 Å². The number of nitrogen functional groups attached to an aromatic ring is 1. The molecule has 0 saturated carbocycles. The van der Waals surface area contributed by atoms with Crippen LogP contribution >= 0.6 is 27.3 Å². The minimum absolute atomic E-state index is 0.114. The van der Waals surface area contributed by atoms with Crippen molar-refractivity contribution < 1.29 is 4.79 Å². The van der Waals surface area contributed by atoms with Crippen LogP contribution < -0.4 is 11.1 Å². The standard InChI is InChI=1S/C14H15BrN2OS/c1-9-2-4-12(16)11(8-9)14(18)17-7-6-10-3-5-13(15)19-10/h2-5,8H,6-7,16H2,1H3,(H,17,18). The minimum Gasteiger partial charge on any atom is -0.398 e. The number of nitrogens with two attached hydrogens (primary N) is 1. The molecule has 2 aromatic rings. The van der Waals surface area contributed by atoms with E-state index in [9.17, 15) is 4.79 Å². The van der Waals surface area contributed by atoms with Gasteiger partial charge in [-0.2, -0.15) is 0 Å². The maximum absolute atomic E-state index is 12.0. The van der Waals surface area contributed by atoms with E-state index in [2.05, 4.69) is 27.3 Å². The fourth-order valence-electron chi connectivity index (χ4n) is 1.75. The first-order valence-electron chi connectivity index (χ1n) is 5.95. The molecule has 3 nitrogen and oxygen atoms in total. The van der Waals surface area contributed by atoms with Gasteiger partial charge in [0, 0.05) is 17.1 Å². The van der Waals surface area contributed by atoms with Gasteiger partial charge in [-0.3, -0.25) is 4.79 Å². The lowest BCUT2D eigenvalue weighted by Gasteiger charge is -2.07. The van der Waals surface area contributed by atoms with Crippen LogP contribution in [0.5, 0.6) is 0 Å². The molecule has 0 unspecified atom stereocenters. The number of carbonyl (C=O) groups excluding carboxylic acids is 1. The summed E-state index contributed by atoms with van der Waals surface area (Å²) in [6.45, 7) is 2.55. The van der Waals surface area contributed by atoms with Crippen LogP contribution in [0.1, 0.15) is 20.8 Å². The van der Waals surface area contributed by atoms with Gasteiger partial charge in [-0.05, 0) is 53.5 Å². The summed E-state index contributed by atoms with van der Waals surface area (Å²) < 4.78 is 1.11. The van der Waals surface area contributed by atoms with Crippen LogP contribution in [0.2, 0.25) is 0 Å². The molecule has 1 aromatic carbocycles. The summed E-state index contributed by atoms with van der Waals surface area (Å²) in [7, 11) is 0. The molecule has 100 valence electrons.